The standard InChI is InChI=1S/C30H28N2.C27H22N2.C24H18N2O/c1-29(2)21-11-5-8-14-25(21)31-26-18-17-20(19-24(26)29)32-27-15-9-6-12-22(27)30(3,4)23-13-7-10-16-28(23)32;1-27(2)21-11-5-6-12-23(21)28-24-16-15-18(17-22(24)27)29-25-13-7-3-9-19(25)20-10-4-8-14-26(20)29;1-3-9-18(10-4-1)26(19-11-5-2-6-12-19)20-15-16-22-24(17-20)27-23-14-8-7-13-21(23)25-22/h5-19,31H,1-4H3;3-17,28H,1-2H3;1-17,25H. The third kappa shape index (κ3) is 9.12. The molecule has 0 unspecified atom stereocenters. The lowest BCUT2D eigenvalue weighted by Crippen LogP contribution is -2.31. The van der Waals surface area contributed by atoms with Gasteiger partial charge in [0.2, 0.25) is 0 Å². The maximum Gasteiger partial charge on any atom is 0.153 e. The molecule has 0 amide bonds. The Balaban J connectivity index is 0.000000111. The quantitative estimate of drug-likeness (QED) is 0.160. The summed E-state index contributed by atoms with van der Waals surface area (Å²) in [7, 11) is 0. The summed E-state index contributed by atoms with van der Waals surface area (Å²) in [6.45, 7) is 14.0. The van der Waals surface area contributed by atoms with Gasteiger partial charge in [-0.1, -0.05) is 199 Å². The number of nitrogens with zero attached hydrogens (tertiary/aromatic N) is 3. The van der Waals surface area contributed by atoms with E-state index < -0.39 is 0 Å². The second-order valence-corrected chi connectivity index (χ2v) is 24.8. The Morgan fingerprint density at radius 2 is 0.682 bits per heavy atom. The molecule has 0 saturated carbocycles. The van der Waals surface area contributed by atoms with Gasteiger partial charge in [-0.2, -0.15) is 0 Å². The molecule has 7 heteroatoms. The van der Waals surface area contributed by atoms with Gasteiger partial charge in [-0.05, 0) is 155 Å². The number of nitrogens with one attached hydrogen (secondary N) is 3. The number of fused-ring (bicyclic) bond motifs is 11. The molecule has 0 radical (unpaired) electrons. The van der Waals surface area contributed by atoms with Gasteiger partial charge in [-0.25, -0.2) is 0 Å². The molecule has 0 spiro atoms. The summed E-state index contributed by atoms with van der Waals surface area (Å²) >= 11 is 0. The van der Waals surface area contributed by atoms with Gasteiger partial charge in [0.05, 0.1) is 33.8 Å². The third-order valence-corrected chi connectivity index (χ3v) is 18.5. The Hall–Kier alpha value is -10.8. The molecule has 13 aromatic rings. The topological polar surface area (TPSA) is 56.7 Å². The number of para-hydroxylation sites is 10. The zero-order valence-electron chi connectivity index (χ0n) is 50.4. The molecule has 1 aromatic heterocycles. The van der Waals surface area contributed by atoms with E-state index in [4.69, 9.17) is 4.74 Å². The lowest BCUT2D eigenvalue weighted by atomic mass is 9.73. The van der Waals surface area contributed by atoms with Crippen molar-refractivity contribution in [2.75, 3.05) is 25.8 Å². The van der Waals surface area contributed by atoms with Crippen LogP contribution in [0.15, 0.2) is 285 Å². The van der Waals surface area contributed by atoms with Gasteiger partial charge in [0.1, 0.15) is 0 Å². The van der Waals surface area contributed by atoms with E-state index in [-0.39, 0.29) is 16.2 Å². The van der Waals surface area contributed by atoms with Crippen molar-refractivity contribution in [3.05, 3.63) is 318 Å². The van der Waals surface area contributed by atoms with Crippen LogP contribution < -0.4 is 30.5 Å². The smallest absolute Gasteiger partial charge is 0.153 e. The van der Waals surface area contributed by atoms with Crippen molar-refractivity contribution < 1.29 is 4.74 Å². The molecule has 0 saturated heterocycles. The summed E-state index contributed by atoms with van der Waals surface area (Å²) < 4.78 is 8.54. The summed E-state index contributed by atoms with van der Waals surface area (Å²) in [5.74, 6) is 1.66. The van der Waals surface area contributed by atoms with Gasteiger partial charge in [0.25, 0.3) is 0 Å². The van der Waals surface area contributed by atoms with Gasteiger partial charge in [0, 0.05) is 84.3 Å². The van der Waals surface area contributed by atoms with Crippen LogP contribution in [0, 0.1) is 0 Å². The fraction of sp³-hybridized carbons (Fsp3) is 0.111. The van der Waals surface area contributed by atoms with E-state index in [9.17, 15) is 0 Å². The molecule has 428 valence electrons. The van der Waals surface area contributed by atoms with Crippen molar-refractivity contribution in [2.45, 2.75) is 57.8 Å². The molecule has 0 atom stereocenters. The highest BCUT2D eigenvalue weighted by Crippen LogP contribution is 2.54. The van der Waals surface area contributed by atoms with Crippen molar-refractivity contribution in [1.82, 2.24) is 4.57 Å². The zero-order chi connectivity index (χ0) is 59.7. The van der Waals surface area contributed by atoms with Crippen LogP contribution in [0.3, 0.4) is 0 Å². The molecule has 12 aromatic carbocycles. The first-order valence-corrected chi connectivity index (χ1v) is 30.5. The lowest BCUT2D eigenvalue weighted by Gasteiger charge is -2.43. The molecular weight excluding hydrogens is 1070 g/mol. The molecule has 0 aliphatic carbocycles. The first-order valence-electron chi connectivity index (χ1n) is 30.5. The first-order chi connectivity index (χ1) is 42.9. The van der Waals surface area contributed by atoms with Crippen LogP contribution in [0.25, 0.3) is 27.5 Å². The monoisotopic (exact) mass is 1140 g/mol. The number of hydrogen-bond donors (Lipinski definition) is 3. The van der Waals surface area contributed by atoms with Gasteiger partial charge in [0.15, 0.2) is 11.5 Å². The largest absolute Gasteiger partial charge is 0.453 e. The number of aromatic nitrogens is 1. The predicted molar refractivity (Wildman–Crippen MR) is 369 cm³/mol. The van der Waals surface area contributed by atoms with Crippen LogP contribution in [-0.4, -0.2) is 4.57 Å². The van der Waals surface area contributed by atoms with Crippen molar-refractivity contribution >= 4 is 90.1 Å². The molecule has 17 rings (SSSR count). The highest BCUT2D eigenvalue weighted by atomic mass is 16.5. The third-order valence-electron chi connectivity index (χ3n) is 18.5. The van der Waals surface area contributed by atoms with Gasteiger partial charge < -0.3 is 35.1 Å². The first kappa shape index (κ1) is 53.9. The summed E-state index contributed by atoms with van der Waals surface area (Å²) in [6, 6.07) is 101. The van der Waals surface area contributed by atoms with Crippen LogP contribution in [-0.2, 0) is 16.2 Å². The Morgan fingerprint density at radius 1 is 0.295 bits per heavy atom. The van der Waals surface area contributed by atoms with E-state index in [1.807, 2.05) is 36.4 Å². The van der Waals surface area contributed by atoms with E-state index >= 15 is 0 Å². The van der Waals surface area contributed by atoms with E-state index in [1.165, 1.54) is 101 Å². The highest BCUT2D eigenvalue weighted by molar-refractivity contribution is 6.09. The Bertz CT molecular complexity index is 4670. The van der Waals surface area contributed by atoms with Crippen molar-refractivity contribution in [3.8, 4) is 17.2 Å². The fourth-order valence-corrected chi connectivity index (χ4v) is 14.0. The minimum absolute atomic E-state index is 0.0440. The maximum absolute atomic E-state index is 6.15. The van der Waals surface area contributed by atoms with Crippen molar-refractivity contribution in [3.63, 3.8) is 0 Å². The zero-order valence-corrected chi connectivity index (χ0v) is 50.4. The molecule has 4 aliphatic heterocycles. The van der Waals surface area contributed by atoms with Gasteiger partial charge >= 0.3 is 0 Å². The molecule has 88 heavy (non-hydrogen) atoms. The average Bonchev–Trinajstić information content (AvgIpc) is 1.13. The molecule has 0 bridgehead atoms. The van der Waals surface area contributed by atoms with Crippen LogP contribution in [0.2, 0.25) is 0 Å². The Kier molecular flexibility index (Phi) is 13.1. The van der Waals surface area contributed by atoms with Crippen LogP contribution in [0.5, 0.6) is 11.5 Å². The number of ether oxygens (including phenoxy) is 1. The predicted octanol–water partition coefficient (Wildman–Crippen LogP) is 22.4. The summed E-state index contributed by atoms with van der Waals surface area (Å²) in [6.07, 6.45) is 0. The Labute approximate surface area is 515 Å². The summed E-state index contributed by atoms with van der Waals surface area (Å²) in [5.41, 5.74) is 25.3. The van der Waals surface area contributed by atoms with E-state index in [2.05, 4.69) is 321 Å². The highest BCUT2D eigenvalue weighted by Gasteiger charge is 2.39. The minimum atomic E-state index is -0.0821. The molecule has 5 heterocycles. The number of rotatable bonds is 5. The van der Waals surface area contributed by atoms with E-state index in [0.717, 1.165) is 39.9 Å². The maximum atomic E-state index is 6.15. The average molecular weight is 1140 g/mol. The number of anilines is 12. The summed E-state index contributed by atoms with van der Waals surface area (Å²) in [5, 5.41) is 13.3. The van der Waals surface area contributed by atoms with Crippen LogP contribution in [0.4, 0.5) is 68.2 Å². The lowest BCUT2D eigenvalue weighted by molar-refractivity contribution is 0.481. The number of benzene rings is 12. The second kappa shape index (κ2) is 21.3. The molecule has 7 nitrogen and oxygen atoms in total. The van der Waals surface area contributed by atoms with Crippen molar-refractivity contribution in [2.24, 2.45) is 0 Å². The second-order valence-electron chi connectivity index (χ2n) is 24.8. The molecule has 3 N–H and O–H groups in total. The van der Waals surface area contributed by atoms with Crippen LogP contribution >= 0.6 is 0 Å². The normalized spacial score (nSPS) is 14.4. The molecule has 4 aliphatic rings. The van der Waals surface area contributed by atoms with Crippen LogP contribution in [0.1, 0.15) is 74.9 Å². The van der Waals surface area contributed by atoms with E-state index in [1.54, 1.807) is 0 Å². The SMILES string of the molecule is CC1(C)c2ccccc2Nc2ccc(-n3c4ccccc4c4ccccc43)cc21.CC1(C)c2ccccc2Nc2ccc(N3c4ccccc4C(C)(C)c4ccccc43)cc21.c1ccc(N(c2ccccc2)c2ccc3c(c2)Oc2ccccc2N3)cc1. The number of hydrogen-bond acceptors (Lipinski definition) is 6. The van der Waals surface area contributed by atoms with E-state index in [0.29, 0.717) is 0 Å². The van der Waals surface area contributed by atoms with Gasteiger partial charge in [-0.15, -0.1) is 0 Å². The van der Waals surface area contributed by atoms with Gasteiger partial charge in [-0.3, -0.25) is 0 Å². The Morgan fingerprint density at radius 3 is 1.24 bits per heavy atom. The fourth-order valence-electron chi connectivity index (χ4n) is 14.0. The minimum Gasteiger partial charge on any atom is -0.453 e. The summed E-state index contributed by atoms with van der Waals surface area (Å²) in [4.78, 5) is 4.66. The molecule has 0 fully saturated rings. The molecular formula is C81H68N6O. The van der Waals surface area contributed by atoms with Crippen molar-refractivity contribution in [1.29, 1.82) is 0 Å².